The Kier molecular flexibility index (Phi) is 1.91. The minimum Gasteiger partial charge on any atom is -0.361 e. The molecule has 0 bridgehead atoms. The van der Waals surface area contributed by atoms with Gasteiger partial charge in [-0.05, 0) is 25.2 Å². The van der Waals surface area contributed by atoms with Crippen LogP contribution in [0, 0.1) is 5.92 Å². The molecule has 2 atom stereocenters. The lowest BCUT2D eigenvalue weighted by molar-refractivity contribution is 0.308. The molecule has 14 heavy (non-hydrogen) atoms. The van der Waals surface area contributed by atoms with E-state index in [1.165, 1.54) is 32.1 Å². The summed E-state index contributed by atoms with van der Waals surface area (Å²) < 4.78 is 5.44. The highest BCUT2D eigenvalue weighted by Gasteiger charge is 2.58. The van der Waals surface area contributed by atoms with E-state index in [4.69, 9.17) is 4.52 Å². The summed E-state index contributed by atoms with van der Waals surface area (Å²) in [6.45, 7) is 0. The van der Waals surface area contributed by atoms with Gasteiger partial charge in [0.15, 0.2) is 0 Å². The Hall–Kier alpha value is -0.440. The Morgan fingerprint density at radius 1 is 1.57 bits per heavy atom. The monoisotopic (exact) mass is 209 g/mol. The van der Waals surface area contributed by atoms with Crippen LogP contribution in [0.4, 0.5) is 0 Å². The minimum absolute atomic E-state index is 0.395. The molecule has 2 saturated carbocycles. The van der Waals surface area contributed by atoms with E-state index in [0.717, 1.165) is 17.4 Å². The second-order valence-electron chi connectivity index (χ2n) is 4.64. The van der Waals surface area contributed by atoms with Gasteiger partial charge in [-0.2, -0.15) is 12.6 Å². The molecule has 2 nitrogen and oxygen atoms in total. The molecule has 2 fully saturated rings. The van der Waals surface area contributed by atoms with E-state index in [0.29, 0.717) is 11.2 Å². The summed E-state index contributed by atoms with van der Waals surface area (Å²) in [4.78, 5) is 0. The molecule has 1 aromatic rings. The number of thiol groups is 1. The lowest BCUT2D eigenvalue weighted by atomic mass is 9.86. The van der Waals surface area contributed by atoms with Crippen LogP contribution in [0.2, 0.25) is 0 Å². The summed E-state index contributed by atoms with van der Waals surface area (Å²) in [6, 6.07) is 2.11. The van der Waals surface area contributed by atoms with Crippen molar-refractivity contribution in [1.29, 1.82) is 0 Å². The summed E-state index contributed by atoms with van der Waals surface area (Å²) in [5.41, 5.74) is 1.38. The number of hydrogen-bond acceptors (Lipinski definition) is 3. The largest absolute Gasteiger partial charge is 0.361 e. The molecule has 2 unspecified atom stereocenters. The van der Waals surface area contributed by atoms with E-state index >= 15 is 0 Å². The molecule has 1 heterocycles. The van der Waals surface area contributed by atoms with E-state index in [2.05, 4.69) is 23.9 Å². The number of hydrogen-bond donors (Lipinski definition) is 1. The average Bonchev–Trinajstić information content (AvgIpc) is 2.78. The van der Waals surface area contributed by atoms with Crippen LogP contribution >= 0.6 is 12.6 Å². The van der Waals surface area contributed by atoms with Crippen molar-refractivity contribution in [1.82, 2.24) is 5.16 Å². The maximum Gasteiger partial charge on any atom is 0.143 e. The van der Waals surface area contributed by atoms with Gasteiger partial charge < -0.3 is 4.52 Å². The summed E-state index contributed by atoms with van der Waals surface area (Å²) in [6.07, 6.45) is 6.78. The maximum atomic E-state index is 5.44. The zero-order chi connectivity index (χ0) is 9.60. The first kappa shape index (κ1) is 8.84. The van der Waals surface area contributed by atoms with Gasteiger partial charge in [0.25, 0.3) is 0 Å². The Bertz CT molecular complexity index is 349. The highest BCUT2D eigenvalue weighted by Crippen LogP contribution is 2.62. The Morgan fingerprint density at radius 3 is 3.21 bits per heavy atom. The molecular weight excluding hydrogens is 194 g/mol. The van der Waals surface area contributed by atoms with E-state index in [1.54, 1.807) is 0 Å². The van der Waals surface area contributed by atoms with Crippen molar-refractivity contribution in [3.63, 3.8) is 0 Å². The van der Waals surface area contributed by atoms with Gasteiger partial charge >= 0.3 is 0 Å². The van der Waals surface area contributed by atoms with Crippen molar-refractivity contribution in [2.45, 2.75) is 43.3 Å². The number of nitrogens with zero attached hydrogens (tertiary/aromatic N) is 1. The summed E-state index contributed by atoms with van der Waals surface area (Å²) in [7, 11) is 0. The standard InChI is InChI=1S/C11H15NOS/c14-7-9-5-10(13-12-9)11-4-2-1-3-8(11)6-11/h5,8,14H,1-4,6-7H2. The lowest BCUT2D eigenvalue weighted by Crippen LogP contribution is -2.13. The fraction of sp³-hybridized carbons (Fsp3) is 0.727. The Labute approximate surface area is 89.5 Å². The second kappa shape index (κ2) is 3.02. The van der Waals surface area contributed by atoms with E-state index in [-0.39, 0.29) is 0 Å². The fourth-order valence-corrected chi connectivity index (χ4v) is 3.09. The van der Waals surface area contributed by atoms with Crippen LogP contribution < -0.4 is 0 Å². The van der Waals surface area contributed by atoms with Crippen LogP contribution in [0.3, 0.4) is 0 Å². The second-order valence-corrected chi connectivity index (χ2v) is 4.96. The summed E-state index contributed by atoms with van der Waals surface area (Å²) in [5.74, 6) is 2.70. The summed E-state index contributed by atoms with van der Waals surface area (Å²) >= 11 is 4.21. The average molecular weight is 209 g/mol. The normalized spacial score (nSPS) is 35.4. The predicted molar refractivity (Wildman–Crippen MR) is 57.4 cm³/mol. The van der Waals surface area contributed by atoms with Gasteiger partial charge in [-0.3, -0.25) is 0 Å². The van der Waals surface area contributed by atoms with Gasteiger partial charge in [-0.15, -0.1) is 0 Å². The van der Waals surface area contributed by atoms with Crippen molar-refractivity contribution < 1.29 is 4.52 Å². The third-order valence-corrected chi connectivity index (χ3v) is 4.19. The molecular formula is C11H15NOS. The highest BCUT2D eigenvalue weighted by molar-refractivity contribution is 7.79. The lowest BCUT2D eigenvalue weighted by Gasteiger charge is -2.18. The first-order valence-corrected chi connectivity index (χ1v) is 6.05. The fourth-order valence-electron chi connectivity index (χ4n) is 2.94. The molecule has 76 valence electrons. The first-order chi connectivity index (χ1) is 6.85. The third-order valence-electron chi connectivity index (χ3n) is 3.87. The van der Waals surface area contributed by atoms with E-state index in [1.807, 2.05) is 0 Å². The van der Waals surface area contributed by atoms with Crippen molar-refractivity contribution in [2.24, 2.45) is 5.92 Å². The molecule has 0 amide bonds. The van der Waals surface area contributed by atoms with Crippen LogP contribution in [-0.2, 0) is 11.2 Å². The van der Waals surface area contributed by atoms with Crippen molar-refractivity contribution in [3.8, 4) is 0 Å². The molecule has 3 rings (SSSR count). The highest BCUT2D eigenvalue weighted by atomic mass is 32.1. The van der Waals surface area contributed by atoms with Gasteiger partial charge in [0.2, 0.25) is 0 Å². The van der Waals surface area contributed by atoms with Crippen molar-refractivity contribution >= 4 is 12.6 Å². The van der Waals surface area contributed by atoms with Gasteiger partial charge in [-0.1, -0.05) is 18.0 Å². The van der Waals surface area contributed by atoms with Gasteiger partial charge in [0, 0.05) is 17.2 Å². The number of fused-ring (bicyclic) bond motifs is 1. The Balaban J connectivity index is 1.88. The Morgan fingerprint density at radius 2 is 2.50 bits per heavy atom. The topological polar surface area (TPSA) is 26.0 Å². The van der Waals surface area contributed by atoms with Crippen LogP contribution in [0.1, 0.15) is 43.6 Å². The summed E-state index contributed by atoms with van der Waals surface area (Å²) in [5, 5.41) is 4.03. The minimum atomic E-state index is 0.395. The predicted octanol–water partition coefficient (Wildman–Crippen LogP) is 2.94. The van der Waals surface area contributed by atoms with Crippen molar-refractivity contribution in [3.05, 3.63) is 17.5 Å². The van der Waals surface area contributed by atoms with E-state index in [9.17, 15) is 0 Å². The molecule has 3 heteroatoms. The number of aromatic nitrogens is 1. The maximum absolute atomic E-state index is 5.44. The quantitative estimate of drug-likeness (QED) is 0.758. The molecule has 0 spiro atoms. The third kappa shape index (κ3) is 1.14. The zero-order valence-corrected chi connectivity index (χ0v) is 9.09. The van der Waals surface area contributed by atoms with Crippen LogP contribution in [0.25, 0.3) is 0 Å². The van der Waals surface area contributed by atoms with E-state index < -0.39 is 0 Å². The van der Waals surface area contributed by atoms with Crippen LogP contribution in [0.15, 0.2) is 10.6 Å². The van der Waals surface area contributed by atoms with Gasteiger partial charge in [0.05, 0.1) is 5.69 Å². The zero-order valence-electron chi connectivity index (χ0n) is 8.20. The van der Waals surface area contributed by atoms with Gasteiger partial charge in [-0.25, -0.2) is 0 Å². The smallest absolute Gasteiger partial charge is 0.143 e. The van der Waals surface area contributed by atoms with Crippen molar-refractivity contribution in [2.75, 3.05) is 0 Å². The molecule has 2 aliphatic rings. The SMILES string of the molecule is SCc1cc(C23CCCCC2C3)on1. The molecule has 0 aromatic carbocycles. The molecule has 0 aliphatic heterocycles. The number of rotatable bonds is 2. The molecule has 0 radical (unpaired) electrons. The van der Waals surface area contributed by atoms with Crippen LogP contribution in [-0.4, -0.2) is 5.16 Å². The molecule has 0 N–H and O–H groups in total. The van der Waals surface area contributed by atoms with Gasteiger partial charge in [0.1, 0.15) is 5.76 Å². The molecule has 0 saturated heterocycles. The first-order valence-electron chi connectivity index (χ1n) is 5.42. The molecule has 1 aromatic heterocycles. The van der Waals surface area contributed by atoms with Crippen LogP contribution in [0.5, 0.6) is 0 Å². The molecule has 2 aliphatic carbocycles.